The summed E-state index contributed by atoms with van der Waals surface area (Å²) in [5.74, 6) is -4.81. The lowest BCUT2D eigenvalue weighted by Gasteiger charge is -2.10. The van der Waals surface area contributed by atoms with Crippen molar-refractivity contribution in [2.75, 3.05) is 13.2 Å². The molecule has 0 amide bonds. The molecule has 8 nitrogen and oxygen atoms in total. The zero-order valence-electron chi connectivity index (χ0n) is 16.8. The van der Waals surface area contributed by atoms with Gasteiger partial charge in [0.15, 0.2) is 0 Å². The summed E-state index contributed by atoms with van der Waals surface area (Å²) in [6.07, 6.45) is 5.70. The van der Waals surface area contributed by atoms with Gasteiger partial charge in [0.2, 0.25) is 0 Å². The van der Waals surface area contributed by atoms with Gasteiger partial charge in [0, 0.05) is 0 Å². The SMILES string of the molecule is CCCCCCOC(=O)CC(C(=O)O)=C(CC(=O)OCCCCCC)C(=O)O. The average molecular weight is 400 g/mol. The van der Waals surface area contributed by atoms with Crippen LogP contribution < -0.4 is 0 Å². The van der Waals surface area contributed by atoms with Crippen LogP contribution >= 0.6 is 0 Å². The van der Waals surface area contributed by atoms with Gasteiger partial charge < -0.3 is 19.7 Å². The molecule has 0 aromatic rings. The van der Waals surface area contributed by atoms with E-state index in [4.69, 9.17) is 9.47 Å². The van der Waals surface area contributed by atoms with E-state index in [2.05, 4.69) is 0 Å². The van der Waals surface area contributed by atoms with Crippen molar-refractivity contribution in [1.82, 2.24) is 0 Å². The molecule has 0 rings (SSSR count). The van der Waals surface area contributed by atoms with Gasteiger partial charge in [-0.15, -0.1) is 0 Å². The van der Waals surface area contributed by atoms with Crippen molar-refractivity contribution in [2.24, 2.45) is 0 Å². The van der Waals surface area contributed by atoms with Crippen LogP contribution in [0.3, 0.4) is 0 Å². The van der Waals surface area contributed by atoms with E-state index in [9.17, 15) is 29.4 Å². The highest BCUT2D eigenvalue weighted by Gasteiger charge is 2.25. The maximum atomic E-state index is 11.8. The number of carboxylic acids is 2. The van der Waals surface area contributed by atoms with Crippen molar-refractivity contribution in [1.29, 1.82) is 0 Å². The Balaban J connectivity index is 4.82. The van der Waals surface area contributed by atoms with E-state index in [1.165, 1.54) is 0 Å². The summed E-state index contributed by atoms with van der Waals surface area (Å²) in [6.45, 7) is 4.38. The molecule has 0 aliphatic carbocycles. The van der Waals surface area contributed by atoms with Crippen LogP contribution in [0.2, 0.25) is 0 Å². The van der Waals surface area contributed by atoms with Crippen molar-refractivity contribution in [3.8, 4) is 0 Å². The van der Waals surface area contributed by atoms with Gasteiger partial charge in [-0.3, -0.25) is 9.59 Å². The van der Waals surface area contributed by atoms with Crippen LogP contribution in [0, 0.1) is 0 Å². The zero-order valence-corrected chi connectivity index (χ0v) is 16.8. The number of hydrogen-bond donors (Lipinski definition) is 2. The topological polar surface area (TPSA) is 127 Å². The van der Waals surface area contributed by atoms with Gasteiger partial charge in [0.25, 0.3) is 0 Å². The van der Waals surface area contributed by atoms with E-state index in [0.29, 0.717) is 12.8 Å². The predicted octanol–water partition coefficient (Wildman–Crippen LogP) is 3.48. The summed E-state index contributed by atoms with van der Waals surface area (Å²) < 4.78 is 9.92. The smallest absolute Gasteiger partial charge is 0.332 e. The quantitative estimate of drug-likeness (QED) is 0.229. The molecule has 0 atom stereocenters. The fourth-order valence-corrected chi connectivity index (χ4v) is 2.44. The molecule has 0 aromatic carbocycles. The standard InChI is InChI=1S/C20H32O8/c1-3-5-7-9-11-27-17(21)13-15(19(23)24)16(20(25)26)14-18(22)28-12-10-8-6-4-2/h3-14H2,1-2H3,(H,23,24)(H,25,26). The first-order valence-electron chi connectivity index (χ1n) is 9.83. The normalized spacial score (nSPS) is 11.5. The molecule has 0 heterocycles. The molecule has 0 unspecified atom stereocenters. The maximum Gasteiger partial charge on any atom is 0.332 e. The number of carbonyl (C=O) groups excluding carboxylic acids is 2. The van der Waals surface area contributed by atoms with Crippen LogP contribution in [0.5, 0.6) is 0 Å². The molecular formula is C20H32O8. The second-order valence-electron chi connectivity index (χ2n) is 6.48. The molecular weight excluding hydrogens is 368 g/mol. The molecule has 0 fully saturated rings. The van der Waals surface area contributed by atoms with Crippen LogP contribution in [0.1, 0.15) is 78.1 Å². The Hall–Kier alpha value is -2.38. The highest BCUT2D eigenvalue weighted by Crippen LogP contribution is 2.16. The highest BCUT2D eigenvalue weighted by atomic mass is 16.5. The van der Waals surface area contributed by atoms with Gasteiger partial charge in [0.1, 0.15) is 0 Å². The molecule has 0 aromatic heterocycles. The van der Waals surface area contributed by atoms with Gasteiger partial charge in [-0.05, 0) is 12.8 Å². The molecule has 8 heteroatoms. The third-order valence-electron chi connectivity index (χ3n) is 4.04. The Morgan fingerprint density at radius 2 is 0.964 bits per heavy atom. The summed E-state index contributed by atoms with van der Waals surface area (Å²) >= 11 is 0. The second kappa shape index (κ2) is 15.7. The van der Waals surface area contributed by atoms with Gasteiger partial charge in [0.05, 0.1) is 37.2 Å². The number of ether oxygens (including phenoxy) is 2. The maximum absolute atomic E-state index is 11.8. The van der Waals surface area contributed by atoms with Gasteiger partial charge in [-0.25, -0.2) is 9.59 Å². The Bertz CT molecular complexity index is 502. The minimum absolute atomic E-state index is 0.147. The van der Waals surface area contributed by atoms with E-state index in [0.717, 1.165) is 38.5 Å². The molecule has 0 saturated carbocycles. The van der Waals surface area contributed by atoms with E-state index in [1.54, 1.807) is 0 Å². The molecule has 0 aliphatic heterocycles. The fraction of sp³-hybridized carbons (Fsp3) is 0.700. The van der Waals surface area contributed by atoms with Crippen LogP contribution in [0.15, 0.2) is 11.1 Å². The largest absolute Gasteiger partial charge is 0.478 e. The number of carbonyl (C=O) groups is 4. The number of unbranched alkanes of at least 4 members (excludes halogenated alkanes) is 6. The van der Waals surface area contributed by atoms with Crippen molar-refractivity contribution in [3.05, 3.63) is 11.1 Å². The Labute approximate surface area is 165 Å². The first kappa shape index (κ1) is 25.6. The summed E-state index contributed by atoms with van der Waals surface area (Å²) in [5, 5.41) is 18.6. The number of hydrogen-bond acceptors (Lipinski definition) is 6. The van der Waals surface area contributed by atoms with E-state index in [1.807, 2.05) is 13.8 Å². The molecule has 0 radical (unpaired) electrons. The highest BCUT2D eigenvalue weighted by molar-refractivity contribution is 6.04. The van der Waals surface area contributed by atoms with Crippen LogP contribution in [0.25, 0.3) is 0 Å². The lowest BCUT2D eigenvalue weighted by atomic mass is 10.0. The minimum Gasteiger partial charge on any atom is -0.478 e. The number of rotatable bonds is 16. The molecule has 28 heavy (non-hydrogen) atoms. The van der Waals surface area contributed by atoms with Gasteiger partial charge >= 0.3 is 23.9 Å². The third kappa shape index (κ3) is 12.1. The lowest BCUT2D eigenvalue weighted by molar-refractivity contribution is -0.146. The van der Waals surface area contributed by atoms with Gasteiger partial charge in [-0.1, -0.05) is 52.4 Å². The van der Waals surface area contributed by atoms with E-state index in [-0.39, 0.29) is 13.2 Å². The number of aliphatic carboxylic acids is 2. The van der Waals surface area contributed by atoms with Crippen molar-refractivity contribution in [2.45, 2.75) is 78.1 Å². The lowest BCUT2D eigenvalue weighted by Crippen LogP contribution is -2.19. The summed E-state index contributed by atoms with van der Waals surface area (Å²) in [6, 6.07) is 0. The van der Waals surface area contributed by atoms with E-state index >= 15 is 0 Å². The summed E-state index contributed by atoms with van der Waals surface area (Å²) in [7, 11) is 0. The number of carboxylic acid groups (broad SMARTS) is 2. The molecule has 2 N–H and O–H groups in total. The third-order valence-corrected chi connectivity index (χ3v) is 4.04. The zero-order chi connectivity index (χ0) is 21.4. The average Bonchev–Trinajstić information content (AvgIpc) is 2.63. The van der Waals surface area contributed by atoms with Crippen molar-refractivity contribution in [3.63, 3.8) is 0 Å². The van der Waals surface area contributed by atoms with Gasteiger partial charge in [-0.2, -0.15) is 0 Å². The van der Waals surface area contributed by atoms with E-state index < -0.39 is 47.9 Å². The number of esters is 2. The van der Waals surface area contributed by atoms with Crippen LogP contribution in [-0.4, -0.2) is 47.3 Å². The van der Waals surface area contributed by atoms with Crippen LogP contribution in [0.4, 0.5) is 0 Å². The molecule has 160 valence electrons. The van der Waals surface area contributed by atoms with Crippen molar-refractivity contribution >= 4 is 23.9 Å². The second-order valence-corrected chi connectivity index (χ2v) is 6.48. The Morgan fingerprint density at radius 3 is 1.25 bits per heavy atom. The first-order chi connectivity index (χ1) is 13.3. The molecule has 0 bridgehead atoms. The van der Waals surface area contributed by atoms with Crippen LogP contribution in [-0.2, 0) is 28.7 Å². The molecule has 0 spiro atoms. The Kier molecular flexibility index (Phi) is 14.3. The minimum atomic E-state index is -1.57. The summed E-state index contributed by atoms with van der Waals surface area (Å²) in [5.41, 5.74) is -1.32. The monoisotopic (exact) mass is 400 g/mol. The molecule has 0 aliphatic rings. The first-order valence-corrected chi connectivity index (χ1v) is 9.83. The predicted molar refractivity (Wildman–Crippen MR) is 102 cm³/mol. The molecule has 0 saturated heterocycles. The fourth-order valence-electron chi connectivity index (χ4n) is 2.44. The summed E-state index contributed by atoms with van der Waals surface area (Å²) in [4.78, 5) is 46.6. The van der Waals surface area contributed by atoms with Crippen molar-refractivity contribution < 1.29 is 38.9 Å². The Morgan fingerprint density at radius 1 is 0.607 bits per heavy atom.